The average Bonchev–Trinajstić information content (AvgIpc) is 3.35. The van der Waals surface area contributed by atoms with Crippen LogP contribution in [0, 0.1) is 0 Å². The van der Waals surface area contributed by atoms with E-state index in [1.165, 1.54) is 12.8 Å². The molecule has 1 aromatic carbocycles. The molecule has 2 aliphatic rings. The quantitative estimate of drug-likeness (QED) is 0.858. The molecule has 1 aliphatic carbocycles. The number of ether oxygens (including phenoxy) is 1. The van der Waals surface area contributed by atoms with Crippen molar-refractivity contribution in [2.24, 2.45) is 0 Å². The van der Waals surface area contributed by atoms with Crippen molar-refractivity contribution < 1.29 is 9.53 Å². The maximum Gasteiger partial charge on any atom is 0.244 e. The number of morpholine rings is 1. The highest BCUT2D eigenvalue weighted by Gasteiger charge is 2.38. The van der Waals surface area contributed by atoms with E-state index >= 15 is 0 Å². The van der Waals surface area contributed by atoms with Gasteiger partial charge in [-0.2, -0.15) is 0 Å². The van der Waals surface area contributed by atoms with Gasteiger partial charge in [0.15, 0.2) is 0 Å². The van der Waals surface area contributed by atoms with E-state index in [0.29, 0.717) is 19.1 Å². The highest BCUT2D eigenvalue weighted by atomic mass is 16.5. The van der Waals surface area contributed by atoms with Crippen LogP contribution in [0.5, 0.6) is 0 Å². The lowest BCUT2D eigenvalue weighted by Crippen LogP contribution is -2.57. The predicted molar refractivity (Wildman–Crippen MR) is 92.9 cm³/mol. The number of rotatable bonds is 4. The molecule has 6 nitrogen and oxygen atoms in total. The molecule has 1 amide bonds. The summed E-state index contributed by atoms with van der Waals surface area (Å²) in [6.45, 7) is 5.39. The molecule has 1 atom stereocenters. The lowest BCUT2D eigenvalue weighted by molar-refractivity contribution is -0.155. The van der Waals surface area contributed by atoms with E-state index < -0.39 is 0 Å². The van der Waals surface area contributed by atoms with Crippen molar-refractivity contribution in [1.29, 1.82) is 0 Å². The fourth-order valence-electron chi connectivity index (χ4n) is 3.34. The topological polar surface area (TPSA) is 60.2 Å². The average molecular weight is 340 g/mol. The predicted octanol–water partition coefficient (Wildman–Crippen LogP) is 2.53. The van der Waals surface area contributed by atoms with E-state index in [2.05, 4.69) is 10.3 Å². The summed E-state index contributed by atoms with van der Waals surface area (Å²) in [6.07, 6.45) is 4.19. The molecule has 132 valence electrons. The van der Waals surface area contributed by atoms with Gasteiger partial charge in [0.05, 0.1) is 24.4 Å². The first-order valence-electron chi connectivity index (χ1n) is 8.90. The Morgan fingerprint density at radius 2 is 2.04 bits per heavy atom. The lowest BCUT2D eigenvalue weighted by Gasteiger charge is -2.45. The third-order valence-electron chi connectivity index (χ3n) is 5.04. The molecule has 25 heavy (non-hydrogen) atoms. The maximum absolute atomic E-state index is 12.9. The second-order valence-corrected chi connectivity index (χ2v) is 7.64. The monoisotopic (exact) mass is 340 g/mol. The van der Waals surface area contributed by atoms with Crippen molar-refractivity contribution in [3.05, 3.63) is 47.8 Å². The molecule has 0 bridgehead atoms. The van der Waals surface area contributed by atoms with E-state index in [1.807, 2.05) is 55.3 Å². The number of carbonyl (C=O) groups is 1. The number of aromatic nitrogens is 3. The Morgan fingerprint density at radius 3 is 2.76 bits per heavy atom. The molecule has 1 saturated carbocycles. The Balaban J connectivity index is 1.48. The van der Waals surface area contributed by atoms with Crippen LogP contribution in [0.15, 0.2) is 36.5 Å². The lowest BCUT2D eigenvalue weighted by atomic mass is 9.98. The van der Waals surface area contributed by atoms with Crippen molar-refractivity contribution in [1.82, 2.24) is 19.9 Å². The van der Waals surface area contributed by atoms with Gasteiger partial charge >= 0.3 is 0 Å². The van der Waals surface area contributed by atoms with Gasteiger partial charge in [-0.15, -0.1) is 5.10 Å². The number of hydrogen-bond acceptors (Lipinski definition) is 4. The van der Waals surface area contributed by atoms with Gasteiger partial charge < -0.3 is 9.64 Å². The van der Waals surface area contributed by atoms with Gasteiger partial charge in [0, 0.05) is 12.1 Å². The first kappa shape index (κ1) is 16.3. The molecule has 2 fully saturated rings. The van der Waals surface area contributed by atoms with Gasteiger partial charge in [0.25, 0.3) is 0 Å². The van der Waals surface area contributed by atoms with Gasteiger partial charge in [-0.25, -0.2) is 4.68 Å². The van der Waals surface area contributed by atoms with Gasteiger partial charge in [0.1, 0.15) is 12.6 Å². The van der Waals surface area contributed by atoms with Gasteiger partial charge in [0.2, 0.25) is 5.91 Å². The number of nitrogens with zero attached hydrogens (tertiary/aromatic N) is 4. The van der Waals surface area contributed by atoms with Crippen molar-refractivity contribution in [3.63, 3.8) is 0 Å². The molecular weight excluding hydrogens is 316 g/mol. The molecule has 2 heterocycles. The van der Waals surface area contributed by atoms with E-state index in [4.69, 9.17) is 4.74 Å². The molecule has 1 aliphatic heterocycles. The zero-order valence-electron chi connectivity index (χ0n) is 14.8. The smallest absolute Gasteiger partial charge is 0.244 e. The summed E-state index contributed by atoms with van der Waals surface area (Å²) in [5, 5.41) is 8.32. The van der Waals surface area contributed by atoms with E-state index in [0.717, 1.165) is 11.3 Å². The Kier molecular flexibility index (Phi) is 4.07. The Hall–Kier alpha value is -2.21. The highest BCUT2D eigenvalue weighted by Crippen LogP contribution is 2.38. The Bertz CT molecular complexity index is 752. The van der Waals surface area contributed by atoms with E-state index in [9.17, 15) is 4.79 Å². The minimum absolute atomic E-state index is 0.0569. The number of benzene rings is 1. The van der Waals surface area contributed by atoms with Crippen LogP contribution in [0.1, 0.15) is 50.0 Å². The van der Waals surface area contributed by atoms with Crippen LogP contribution in [-0.4, -0.2) is 44.5 Å². The molecule has 0 unspecified atom stereocenters. The van der Waals surface area contributed by atoms with Crippen molar-refractivity contribution in [3.8, 4) is 0 Å². The second kappa shape index (κ2) is 6.26. The molecule has 1 saturated heterocycles. The molecule has 2 aromatic rings. The van der Waals surface area contributed by atoms with Crippen LogP contribution >= 0.6 is 0 Å². The summed E-state index contributed by atoms with van der Waals surface area (Å²) in [5.74, 6) is 0.604. The van der Waals surface area contributed by atoms with Crippen molar-refractivity contribution >= 4 is 5.91 Å². The summed E-state index contributed by atoms with van der Waals surface area (Å²) in [4.78, 5) is 14.9. The molecule has 0 spiro atoms. The van der Waals surface area contributed by atoms with Crippen LogP contribution < -0.4 is 0 Å². The molecule has 0 N–H and O–H groups in total. The zero-order valence-corrected chi connectivity index (χ0v) is 14.8. The van der Waals surface area contributed by atoms with E-state index in [-0.39, 0.29) is 24.1 Å². The van der Waals surface area contributed by atoms with Crippen LogP contribution in [0.2, 0.25) is 0 Å². The Morgan fingerprint density at radius 1 is 1.28 bits per heavy atom. The summed E-state index contributed by atoms with van der Waals surface area (Å²) < 4.78 is 7.69. The van der Waals surface area contributed by atoms with Crippen molar-refractivity contribution in [2.75, 3.05) is 13.2 Å². The third-order valence-corrected chi connectivity index (χ3v) is 5.04. The summed E-state index contributed by atoms with van der Waals surface area (Å²) in [5.41, 5.74) is 1.78. The molecule has 1 aromatic heterocycles. The van der Waals surface area contributed by atoms with Gasteiger partial charge in [-0.05, 0) is 32.3 Å². The maximum atomic E-state index is 12.9. The first-order valence-corrected chi connectivity index (χ1v) is 8.90. The Labute approximate surface area is 147 Å². The normalized spacial score (nSPS) is 22.8. The second-order valence-electron chi connectivity index (χ2n) is 7.64. The minimum atomic E-state index is -0.331. The molecule has 6 heteroatoms. The summed E-state index contributed by atoms with van der Waals surface area (Å²) in [6, 6.07) is 10.1. The van der Waals surface area contributed by atoms with Crippen LogP contribution in [-0.2, 0) is 16.1 Å². The van der Waals surface area contributed by atoms with Crippen molar-refractivity contribution in [2.45, 2.75) is 50.8 Å². The molecule has 4 rings (SSSR count). The number of carbonyl (C=O) groups excluding carboxylic acids is 1. The summed E-state index contributed by atoms with van der Waals surface area (Å²) in [7, 11) is 0. The van der Waals surface area contributed by atoms with Crippen LogP contribution in [0.3, 0.4) is 0 Å². The number of hydrogen-bond donors (Lipinski definition) is 0. The third kappa shape index (κ3) is 3.44. The minimum Gasteiger partial charge on any atom is -0.369 e. The first-order chi connectivity index (χ1) is 12.0. The van der Waals surface area contributed by atoms with E-state index in [1.54, 1.807) is 4.68 Å². The molecular formula is C19H24N4O2. The van der Waals surface area contributed by atoms with Crippen LogP contribution in [0.25, 0.3) is 0 Å². The fourth-order valence-corrected chi connectivity index (χ4v) is 3.34. The zero-order chi connectivity index (χ0) is 17.4. The van der Waals surface area contributed by atoms with Crippen LogP contribution in [0.4, 0.5) is 0 Å². The standard InChI is InChI=1S/C19H24N4O2/c1-19(2)13-25-17(15-6-4-3-5-7-15)11-23(19)18(24)12-22-10-16(20-21-22)14-8-9-14/h3-7,10,14,17H,8-9,11-13H2,1-2H3/t17-/m0/s1. The van der Waals surface area contributed by atoms with Gasteiger partial charge in [-0.1, -0.05) is 35.5 Å². The summed E-state index contributed by atoms with van der Waals surface area (Å²) >= 11 is 0. The molecule has 0 radical (unpaired) electrons. The largest absolute Gasteiger partial charge is 0.369 e. The fraction of sp³-hybridized carbons (Fsp3) is 0.526. The highest BCUT2D eigenvalue weighted by molar-refractivity contribution is 5.77. The SMILES string of the molecule is CC1(C)CO[C@H](c2ccccc2)CN1C(=O)Cn1cc(C2CC2)nn1. The van der Waals surface area contributed by atoms with Gasteiger partial charge in [-0.3, -0.25) is 4.79 Å². The number of amides is 1.